The summed E-state index contributed by atoms with van der Waals surface area (Å²) >= 11 is 0. The van der Waals surface area contributed by atoms with Crippen LogP contribution in [0.25, 0.3) is 11.1 Å². The van der Waals surface area contributed by atoms with Gasteiger partial charge in [-0.05, 0) is 60.0 Å². The van der Waals surface area contributed by atoms with E-state index < -0.39 is 0 Å². The summed E-state index contributed by atoms with van der Waals surface area (Å²) in [6.07, 6.45) is 0. The lowest BCUT2D eigenvalue weighted by Gasteiger charge is -2.06. The predicted octanol–water partition coefficient (Wildman–Crippen LogP) is 5.51. The first kappa shape index (κ1) is 16.8. The zero-order chi connectivity index (χ0) is 17.6. The monoisotopic (exact) mass is 331 g/mol. The molecule has 0 heterocycles. The van der Waals surface area contributed by atoms with E-state index in [2.05, 4.69) is 41.4 Å². The molecule has 0 fully saturated rings. The standard InChI is InChI=1S/C22H21NO2/c1-16(23-20-10-14-22(25-3)15-11-20)17-4-6-18(7-5-17)19-8-12-21(24-2)13-9-19/h4-15H,1-3H3. The molecule has 0 saturated carbocycles. The highest BCUT2D eigenvalue weighted by Gasteiger charge is 2.02. The second kappa shape index (κ2) is 7.67. The Hall–Kier alpha value is -3.07. The van der Waals surface area contributed by atoms with Gasteiger partial charge in [-0.15, -0.1) is 0 Å². The van der Waals surface area contributed by atoms with Gasteiger partial charge in [-0.2, -0.15) is 0 Å². The second-order valence-electron chi connectivity index (χ2n) is 5.70. The number of hydrogen-bond acceptors (Lipinski definition) is 3. The van der Waals surface area contributed by atoms with Gasteiger partial charge in [0.1, 0.15) is 11.5 Å². The third kappa shape index (κ3) is 4.07. The first-order valence-corrected chi connectivity index (χ1v) is 8.14. The lowest BCUT2D eigenvalue weighted by atomic mass is 10.0. The summed E-state index contributed by atoms with van der Waals surface area (Å²) in [4.78, 5) is 4.67. The minimum absolute atomic E-state index is 0.834. The van der Waals surface area contributed by atoms with Gasteiger partial charge in [0, 0.05) is 5.71 Å². The Morgan fingerprint density at radius 3 is 1.56 bits per heavy atom. The van der Waals surface area contributed by atoms with Crippen molar-refractivity contribution >= 4 is 11.4 Å². The first-order valence-electron chi connectivity index (χ1n) is 8.14. The molecular formula is C22H21NO2. The molecule has 0 bridgehead atoms. The van der Waals surface area contributed by atoms with E-state index in [0.29, 0.717) is 0 Å². The molecule has 0 aromatic heterocycles. The van der Waals surface area contributed by atoms with Crippen LogP contribution in [0.1, 0.15) is 12.5 Å². The molecule has 0 aliphatic heterocycles. The van der Waals surface area contributed by atoms with Crippen molar-refractivity contribution in [1.29, 1.82) is 0 Å². The Morgan fingerprint density at radius 1 is 0.640 bits per heavy atom. The number of aliphatic imine (C=N–C) groups is 1. The third-order valence-corrected chi connectivity index (χ3v) is 4.10. The van der Waals surface area contributed by atoms with E-state index in [9.17, 15) is 0 Å². The number of benzene rings is 3. The summed E-state index contributed by atoms with van der Waals surface area (Å²) < 4.78 is 10.4. The average Bonchev–Trinajstić information content (AvgIpc) is 2.69. The fourth-order valence-corrected chi connectivity index (χ4v) is 2.60. The van der Waals surface area contributed by atoms with Crippen LogP contribution < -0.4 is 9.47 Å². The van der Waals surface area contributed by atoms with Crippen molar-refractivity contribution in [2.45, 2.75) is 6.92 Å². The van der Waals surface area contributed by atoms with Gasteiger partial charge < -0.3 is 9.47 Å². The summed E-state index contributed by atoms with van der Waals surface area (Å²) in [5.74, 6) is 1.70. The van der Waals surface area contributed by atoms with E-state index >= 15 is 0 Å². The van der Waals surface area contributed by atoms with Crippen LogP contribution in [-0.2, 0) is 0 Å². The molecular weight excluding hydrogens is 310 g/mol. The molecule has 0 N–H and O–H groups in total. The Labute approximate surface area is 148 Å². The van der Waals surface area contributed by atoms with Crippen LogP contribution in [0.15, 0.2) is 77.8 Å². The van der Waals surface area contributed by atoms with Crippen molar-refractivity contribution in [1.82, 2.24) is 0 Å². The summed E-state index contributed by atoms with van der Waals surface area (Å²) in [7, 11) is 3.34. The van der Waals surface area contributed by atoms with Crippen molar-refractivity contribution in [3.8, 4) is 22.6 Å². The maximum atomic E-state index is 5.20. The SMILES string of the molecule is COc1ccc(N=C(C)c2ccc(-c3ccc(OC)cc3)cc2)cc1. The normalized spacial score (nSPS) is 11.2. The van der Waals surface area contributed by atoms with Crippen molar-refractivity contribution in [2.75, 3.05) is 14.2 Å². The van der Waals surface area contributed by atoms with Crippen LogP contribution in [0, 0.1) is 0 Å². The summed E-state index contributed by atoms with van der Waals surface area (Å²) in [5, 5.41) is 0. The summed E-state index contributed by atoms with van der Waals surface area (Å²) in [6.45, 7) is 2.02. The van der Waals surface area contributed by atoms with Crippen LogP contribution in [0.4, 0.5) is 5.69 Å². The molecule has 0 spiro atoms. The molecule has 0 saturated heterocycles. The minimum Gasteiger partial charge on any atom is -0.497 e. The molecule has 3 rings (SSSR count). The molecule has 3 heteroatoms. The smallest absolute Gasteiger partial charge is 0.119 e. The molecule has 126 valence electrons. The highest BCUT2D eigenvalue weighted by Crippen LogP contribution is 2.24. The minimum atomic E-state index is 0.834. The molecule has 25 heavy (non-hydrogen) atoms. The molecule has 0 aliphatic rings. The second-order valence-corrected chi connectivity index (χ2v) is 5.70. The molecule has 0 radical (unpaired) electrons. The number of ether oxygens (including phenoxy) is 2. The first-order chi connectivity index (χ1) is 12.2. The van der Waals surface area contributed by atoms with E-state index in [1.165, 1.54) is 5.56 Å². The van der Waals surface area contributed by atoms with Crippen molar-refractivity contribution in [2.24, 2.45) is 4.99 Å². The van der Waals surface area contributed by atoms with Gasteiger partial charge in [-0.1, -0.05) is 36.4 Å². The molecule has 3 aromatic rings. The van der Waals surface area contributed by atoms with E-state index in [0.717, 1.165) is 34.0 Å². The van der Waals surface area contributed by atoms with Gasteiger partial charge in [-0.25, -0.2) is 0 Å². The van der Waals surface area contributed by atoms with Gasteiger partial charge in [0.15, 0.2) is 0 Å². The Kier molecular flexibility index (Phi) is 5.14. The predicted molar refractivity (Wildman–Crippen MR) is 103 cm³/mol. The number of nitrogens with zero attached hydrogens (tertiary/aromatic N) is 1. The van der Waals surface area contributed by atoms with Crippen molar-refractivity contribution in [3.63, 3.8) is 0 Å². The lowest BCUT2D eigenvalue weighted by Crippen LogP contribution is -1.93. The fraction of sp³-hybridized carbons (Fsp3) is 0.136. The lowest BCUT2D eigenvalue weighted by molar-refractivity contribution is 0.415. The number of methoxy groups -OCH3 is 2. The molecule has 0 atom stereocenters. The van der Waals surface area contributed by atoms with Crippen LogP contribution >= 0.6 is 0 Å². The molecule has 0 aliphatic carbocycles. The van der Waals surface area contributed by atoms with Crippen molar-refractivity contribution < 1.29 is 9.47 Å². The van der Waals surface area contributed by atoms with Gasteiger partial charge in [-0.3, -0.25) is 4.99 Å². The third-order valence-electron chi connectivity index (χ3n) is 4.10. The van der Waals surface area contributed by atoms with Gasteiger partial charge in [0.2, 0.25) is 0 Å². The Morgan fingerprint density at radius 2 is 1.08 bits per heavy atom. The van der Waals surface area contributed by atoms with Gasteiger partial charge >= 0.3 is 0 Å². The van der Waals surface area contributed by atoms with Crippen molar-refractivity contribution in [3.05, 3.63) is 78.4 Å². The van der Waals surface area contributed by atoms with E-state index in [4.69, 9.17) is 9.47 Å². The molecule has 0 amide bonds. The van der Waals surface area contributed by atoms with Crippen LogP contribution in [0.5, 0.6) is 11.5 Å². The maximum absolute atomic E-state index is 5.20. The topological polar surface area (TPSA) is 30.8 Å². The Balaban J connectivity index is 1.79. The van der Waals surface area contributed by atoms with E-state index in [1.54, 1.807) is 14.2 Å². The summed E-state index contributed by atoms with van der Waals surface area (Å²) in [5.41, 5.74) is 5.33. The highest BCUT2D eigenvalue weighted by atomic mass is 16.5. The molecule has 3 nitrogen and oxygen atoms in total. The molecule has 0 unspecified atom stereocenters. The fourth-order valence-electron chi connectivity index (χ4n) is 2.60. The summed E-state index contributed by atoms with van der Waals surface area (Å²) in [6, 6.07) is 24.2. The van der Waals surface area contributed by atoms with E-state index in [1.807, 2.05) is 43.3 Å². The van der Waals surface area contributed by atoms with Gasteiger partial charge in [0.05, 0.1) is 19.9 Å². The van der Waals surface area contributed by atoms with Gasteiger partial charge in [0.25, 0.3) is 0 Å². The highest BCUT2D eigenvalue weighted by molar-refractivity contribution is 6.00. The average molecular weight is 331 g/mol. The molecule has 3 aromatic carbocycles. The van der Waals surface area contributed by atoms with Crippen LogP contribution in [-0.4, -0.2) is 19.9 Å². The van der Waals surface area contributed by atoms with Crippen LogP contribution in [0.2, 0.25) is 0 Å². The quantitative estimate of drug-likeness (QED) is 0.577. The maximum Gasteiger partial charge on any atom is 0.119 e. The number of hydrogen-bond donors (Lipinski definition) is 0. The van der Waals surface area contributed by atoms with E-state index in [-0.39, 0.29) is 0 Å². The number of rotatable bonds is 5. The largest absolute Gasteiger partial charge is 0.497 e. The zero-order valence-corrected chi connectivity index (χ0v) is 14.7. The zero-order valence-electron chi connectivity index (χ0n) is 14.7. The Bertz CT molecular complexity index is 848. The van der Waals surface area contributed by atoms with Crippen LogP contribution in [0.3, 0.4) is 0 Å².